The molecule has 0 fully saturated rings. The number of hydrogen-bond acceptors (Lipinski definition) is 2. The average molecular weight is 351 g/mol. The summed E-state index contributed by atoms with van der Waals surface area (Å²) in [4.78, 5) is 23.6. The van der Waals surface area contributed by atoms with Crippen LogP contribution in [0.3, 0.4) is 0 Å². The first-order valence-corrected chi connectivity index (χ1v) is 7.86. The molecule has 2 aromatic carbocycles. The summed E-state index contributed by atoms with van der Waals surface area (Å²) in [7, 11) is 0. The van der Waals surface area contributed by atoms with Gasteiger partial charge in [0.2, 0.25) is 5.91 Å². The smallest absolute Gasteiger partial charge is 0.253 e. The predicted octanol–water partition coefficient (Wildman–Crippen LogP) is 3.08. The van der Waals surface area contributed by atoms with Crippen LogP contribution in [0.15, 0.2) is 48.5 Å². The number of carbonyl (C=O) groups excluding carboxylic acids is 2. The fraction of sp³-hybridized carbons (Fsp3) is 0.176. The molecule has 4 nitrogen and oxygen atoms in total. The number of nitrogens with one attached hydrogen (secondary N) is 2. The Morgan fingerprint density at radius 1 is 0.957 bits per heavy atom. The molecule has 0 heterocycles. The van der Waals surface area contributed by atoms with Crippen molar-refractivity contribution in [2.45, 2.75) is 6.42 Å². The van der Waals surface area contributed by atoms with Gasteiger partial charge in [0.05, 0.1) is 17.1 Å². The highest BCUT2D eigenvalue weighted by Gasteiger charge is 2.10. The van der Waals surface area contributed by atoms with Gasteiger partial charge in [-0.15, -0.1) is 0 Å². The standard InChI is InChI=1S/C17H16Cl2N2O2/c18-13-5-3-4-12(10-13)8-9-20-16(22)11-21-17(23)14-6-1-2-7-15(14)19/h1-7,10H,8-9,11H2,(H,20,22)(H,21,23). The van der Waals surface area contributed by atoms with Gasteiger partial charge in [-0.2, -0.15) is 0 Å². The highest BCUT2D eigenvalue weighted by molar-refractivity contribution is 6.33. The normalized spacial score (nSPS) is 10.2. The van der Waals surface area contributed by atoms with Gasteiger partial charge in [0.1, 0.15) is 0 Å². The second-order valence-corrected chi connectivity index (χ2v) is 5.74. The van der Waals surface area contributed by atoms with E-state index < -0.39 is 0 Å². The summed E-state index contributed by atoms with van der Waals surface area (Å²) in [6.45, 7) is 0.376. The molecule has 0 aromatic heterocycles. The molecule has 0 saturated carbocycles. The maximum atomic E-state index is 11.9. The molecule has 0 aliphatic rings. The molecule has 0 aliphatic carbocycles. The molecule has 2 N–H and O–H groups in total. The van der Waals surface area contributed by atoms with Crippen molar-refractivity contribution >= 4 is 35.0 Å². The van der Waals surface area contributed by atoms with Crippen molar-refractivity contribution in [1.29, 1.82) is 0 Å². The lowest BCUT2D eigenvalue weighted by Crippen LogP contribution is -2.37. The summed E-state index contributed by atoms with van der Waals surface area (Å²) in [6, 6.07) is 14.1. The van der Waals surface area contributed by atoms with E-state index in [0.29, 0.717) is 28.6 Å². The maximum absolute atomic E-state index is 11.9. The lowest BCUT2D eigenvalue weighted by atomic mass is 10.1. The molecule has 0 atom stereocenters. The number of rotatable bonds is 6. The fourth-order valence-corrected chi connectivity index (χ4v) is 2.44. The highest BCUT2D eigenvalue weighted by Crippen LogP contribution is 2.14. The van der Waals surface area contributed by atoms with Crippen molar-refractivity contribution in [2.24, 2.45) is 0 Å². The van der Waals surface area contributed by atoms with Crippen LogP contribution in [0.5, 0.6) is 0 Å². The van der Waals surface area contributed by atoms with E-state index in [2.05, 4.69) is 10.6 Å². The largest absolute Gasteiger partial charge is 0.354 e. The second-order valence-electron chi connectivity index (χ2n) is 4.89. The predicted molar refractivity (Wildman–Crippen MR) is 92.0 cm³/mol. The number of amides is 2. The van der Waals surface area contributed by atoms with E-state index in [0.717, 1.165) is 5.56 Å². The lowest BCUT2D eigenvalue weighted by Gasteiger charge is -2.08. The quantitative estimate of drug-likeness (QED) is 0.840. The lowest BCUT2D eigenvalue weighted by molar-refractivity contribution is -0.120. The Balaban J connectivity index is 1.73. The summed E-state index contributed by atoms with van der Waals surface area (Å²) in [5.41, 5.74) is 1.39. The summed E-state index contributed by atoms with van der Waals surface area (Å²) >= 11 is 11.8. The van der Waals surface area contributed by atoms with Gasteiger partial charge >= 0.3 is 0 Å². The van der Waals surface area contributed by atoms with E-state index >= 15 is 0 Å². The molecule has 0 unspecified atom stereocenters. The van der Waals surface area contributed by atoms with Gasteiger partial charge in [-0.3, -0.25) is 9.59 Å². The first-order chi connectivity index (χ1) is 11.1. The zero-order chi connectivity index (χ0) is 16.7. The Labute approximate surface area is 144 Å². The third-order valence-corrected chi connectivity index (χ3v) is 3.72. The SMILES string of the molecule is O=C(CNC(=O)c1ccccc1Cl)NCCc1cccc(Cl)c1. The average Bonchev–Trinajstić information content (AvgIpc) is 2.53. The third-order valence-electron chi connectivity index (χ3n) is 3.15. The minimum absolute atomic E-state index is 0.0976. The van der Waals surface area contributed by atoms with Crippen LogP contribution in [-0.4, -0.2) is 24.9 Å². The zero-order valence-corrected chi connectivity index (χ0v) is 13.8. The van der Waals surface area contributed by atoms with Crippen molar-refractivity contribution in [3.05, 3.63) is 69.7 Å². The number of benzene rings is 2. The zero-order valence-electron chi connectivity index (χ0n) is 12.3. The van der Waals surface area contributed by atoms with Crippen LogP contribution in [0.4, 0.5) is 0 Å². The van der Waals surface area contributed by atoms with Gasteiger partial charge < -0.3 is 10.6 Å². The number of halogens is 2. The molecule has 2 aromatic rings. The van der Waals surface area contributed by atoms with Gasteiger partial charge in [-0.1, -0.05) is 47.5 Å². The Bertz CT molecular complexity index is 704. The van der Waals surface area contributed by atoms with Gasteiger partial charge in [-0.25, -0.2) is 0 Å². The monoisotopic (exact) mass is 350 g/mol. The van der Waals surface area contributed by atoms with Crippen LogP contribution >= 0.6 is 23.2 Å². The summed E-state index contributed by atoms with van der Waals surface area (Å²) in [5.74, 6) is -0.631. The van der Waals surface area contributed by atoms with Crippen LogP contribution in [0.2, 0.25) is 10.0 Å². The Morgan fingerprint density at radius 2 is 1.74 bits per heavy atom. The number of hydrogen-bond donors (Lipinski definition) is 2. The summed E-state index contributed by atoms with van der Waals surface area (Å²) in [6.07, 6.45) is 0.671. The number of carbonyl (C=O) groups is 2. The third kappa shape index (κ3) is 5.58. The van der Waals surface area contributed by atoms with E-state index in [4.69, 9.17) is 23.2 Å². The Hall–Kier alpha value is -2.04. The topological polar surface area (TPSA) is 58.2 Å². The molecule has 6 heteroatoms. The minimum atomic E-state index is -0.374. The van der Waals surface area contributed by atoms with Crippen molar-refractivity contribution in [3.63, 3.8) is 0 Å². The van der Waals surface area contributed by atoms with E-state index in [1.165, 1.54) is 0 Å². The highest BCUT2D eigenvalue weighted by atomic mass is 35.5. The van der Waals surface area contributed by atoms with Crippen LogP contribution in [0, 0.1) is 0 Å². The first-order valence-electron chi connectivity index (χ1n) is 7.10. The van der Waals surface area contributed by atoms with Gasteiger partial charge in [-0.05, 0) is 36.2 Å². The first kappa shape index (κ1) is 17.3. The van der Waals surface area contributed by atoms with E-state index in [1.54, 1.807) is 30.3 Å². The van der Waals surface area contributed by atoms with Gasteiger partial charge in [0.15, 0.2) is 0 Å². The van der Waals surface area contributed by atoms with E-state index in [1.807, 2.05) is 18.2 Å². The van der Waals surface area contributed by atoms with Gasteiger partial charge in [0, 0.05) is 11.6 Å². The molecular weight excluding hydrogens is 335 g/mol. The molecule has 23 heavy (non-hydrogen) atoms. The molecule has 0 spiro atoms. The summed E-state index contributed by atoms with van der Waals surface area (Å²) in [5, 5.41) is 6.30. The molecular formula is C17H16Cl2N2O2. The van der Waals surface area contributed by atoms with Crippen molar-refractivity contribution in [2.75, 3.05) is 13.1 Å². The molecule has 0 aliphatic heterocycles. The van der Waals surface area contributed by atoms with Crippen LogP contribution < -0.4 is 10.6 Å². The van der Waals surface area contributed by atoms with Crippen molar-refractivity contribution in [1.82, 2.24) is 10.6 Å². The molecule has 2 rings (SSSR count). The van der Waals surface area contributed by atoms with Gasteiger partial charge in [0.25, 0.3) is 5.91 Å². The second kappa shape index (κ2) is 8.56. The van der Waals surface area contributed by atoms with E-state index in [-0.39, 0.29) is 18.4 Å². The van der Waals surface area contributed by atoms with Crippen molar-refractivity contribution in [3.8, 4) is 0 Å². The summed E-state index contributed by atoms with van der Waals surface area (Å²) < 4.78 is 0. The molecule has 0 saturated heterocycles. The molecule has 0 radical (unpaired) electrons. The van der Waals surface area contributed by atoms with Crippen LogP contribution in [0.25, 0.3) is 0 Å². The van der Waals surface area contributed by atoms with Crippen LogP contribution in [0.1, 0.15) is 15.9 Å². The minimum Gasteiger partial charge on any atom is -0.354 e. The molecule has 120 valence electrons. The Morgan fingerprint density at radius 3 is 2.48 bits per heavy atom. The molecule has 0 bridgehead atoms. The molecule has 2 amide bonds. The fourth-order valence-electron chi connectivity index (χ4n) is 2.00. The van der Waals surface area contributed by atoms with E-state index in [9.17, 15) is 9.59 Å². The maximum Gasteiger partial charge on any atom is 0.253 e. The van der Waals surface area contributed by atoms with Crippen LogP contribution in [-0.2, 0) is 11.2 Å². The van der Waals surface area contributed by atoms with Crippen molar-refractivity contribution < 1.29 is 9.59 Å². The Kier molecular flexibility index (Phi) is 6.44.